The van der Waals surface area contributed by atoms with Crippen LogP contribution in [0.15, 0.2) is 87.0 Å². The number of esters is 3. The lowest BCUT2D eigenvalue weighted by Crippen LogP contribution is -2.19. The van der Waals surface area contributed by atoms with E-state index in [0.29, 0.717) is 16.5 Å². The lowest BCUT2D eigenvalue weighted by Gasteiger charge is -2.03. The molecule has 0 fully saturated rings. The number of hydrogen-bond acceptors (Lipinski definition) is 12. The van der Waals surface area contributed by atoms with Crippen LogP contribution < -0.4 is 0 Å². The molecule has 0 spiro atoms. The van der Waals surface area contributed by atoms with Gasteiger partial charge in [-0.1, -0.05) is 45.8 Å². The third-order valence-electron chi connectivity index (χ3n) is 6.76. The van der Waals surface area contributed by atoms with Gasteiger partial charge in [0.15, 0.2) is 46.3 Å². The van der Waals surface area contributed by atoms with Crippen LogP contribution >= 0.6 is 11.6 Å². The van der Waals surface area contributed by atoms with E-state index >= 15 is 0 Å². The van der Waals surface area contributed by atoms with Crippen LogP contribution in [0.2, 0.25) is 0 Å². The monoisotopic (exact) mass is 781 g/mol. The molecule has 0 unspecified atom stereocenters. The van der Waals surface area contributed by atoms with E-state index in [2.05, 4.69) is 34.2 Å². The molecular formula is C35H26ClF6N3O9. The minimum atomic E-state index is -1.27. The number of oxime groups is 1. The van der Waals surface area contributed by atoms with Gasteiger partial charge in [-0.2, -0.15) is 0 Å². The van der Waals surface area contributed by atoms with Crippen molar-refractivity contribution in [2.75, 3.05) is 21.3 Å². The first-order valence-corrected chi connectivity index (χ1v) is 15.3. The molecule has 4 aromatic carbocycles. The zero-order valence-electron chi connectivity index (χ0n) is 28.0. The Kier molecular flexibility index (Phi) is 15.5. The second-order valence-corrected chi connectivity index (χ2v) is 10.3. The zero-order valence-corrected chi connectivity index (χ0v) is 28.8. The minimum absolute atomic E-state index is 0.00634. The molecular weight excluding hydrogens is 756 g/mol. The number of benzene rings is 4. The summed E-state index contributed by atoms with van der Waals surface area (Å²) in [6.45, 7) is 0. The summed E-state index contributed by atoms with van der Waals surface area (Å²) in [7, 11) is 3.45. The lowest BCUT2D eigenvalue weighted by atomic mass is 10.1. The van der Waals surface area contributed by atoms with Gasteiger partial charge in [-0.15, -0.1) is 11.6 Å². The molecule has 0 aliphatic heterocycles. The van der Waals surface area contributed by atoms with Gasteiger partial charge < -0.3 is 28.5 Å². The fourth-order valence-electron chi connectivity index (χ4n) is 4.15. The first-order chi connectivity index (χ1) is 25.8. The minimum Gasteiger partial charge on any atom is -0.469 e. The van der Waals surface area contributed by atoms with Crippen LogP contribution in [0.1, 0.15) is 27.3 Å². The summed E-state index contributed by atoms with van der Waals surface area (Å²) in [6.07, 6.45) is -0.250. The molecule has 6 rings (SSSR count). The van der Waals surface area contributed by atoms with Crippen molar-refractivity contribution in [1.29, 1.82) is 0 Å². The SMILES string of the molecule is COC(=O)/C(=N/O)c1cccc(F)c1F.COC(=O)Cc1cccc(F)c1F.COC(=O)c1noc2c(F)cccc12.Fc1cccc2c(CCl)noc12. The first kappa shape index (κ1) is 42.0. The maximum absolute atomic E-state index is 13.2. The summed E-state index contributed by atoms with van der Waals surface area (Å²) in [5, 5.41) is 19.1. The maximum atomic E-state index is 13.2. The summed E-state index contributed by atoms with van der Waals surface area (Å²) in [4.78, 5) is 32.9. The number of nitrogens with zero attached hydrogens (tertiary/aromatic N) is 3. The molecule has 1 N–H and O–H groups in total. The van der Waals surface area contributed by atoms with E-state index in [9.17, 15) is 40.7 Å². The Morgan fingerprint density at radius 3 is 1.81 bits per heavy atom. The van der Waals surface area contributed by atoms with Gasteiger partial charge in [0.2, 0.25) is 11.2 Å². The van der Waals surface area contributed by atoms with E-state index in [4.69, 9.17) is 21.3 Å². The van der Waals surface area contributed by atoms with Gasteiger partial charge in [-0.3, -0.25) is 4.79 Å². The molecule has 2 aromatic heterocycles. The van der Waals surface area contributed by atoms with Crippen LogP contribution in [0.25, 0.3) is 21.9 Å². The molecule has 19 heteroatoms. The fourth-order valence-corrected chi connectivity index (χ4v) is 4.34. The summed E-state index contributed by atoms with van der Waals surface area (Å²) >= 11 is 5.55. The highest BCUT2D eigenvalue weighted by molar-refractivity contribution is 6.43. The summed E-state index contributed by atoms with van der Waals surface area (Å²) in [5.74, 6) is -7.37. The van der Waals surface area contributed by atoms with Crippen molar-refractivity contribution in [3.8, 4) is 0 Å². The van der Waals surface area contributed by atoms with Crippen molar-refractivity contribution in [2.45, 2.75) is 12.3 Å². The van der Waals surface area contributed by atoms with Crippen molar-refractivity contribution < 1.29 is 69.2 Å². The van der Waals surface area contributed by atoms with Gasteiger partial charge in [0.05, 0.1) is 39.0 Å². The van der Waals surface area contributed by atoms with Gasteiger partial charge in [0.1, 0.15) is 5.69 Å². The van der Waals surface area contributed by atoms with Gasteiger partial charge >= 0.3 is 17.9 Å². The van der Waals surface area contributed by atoms with Crippen LogP contribution in [0.5, 0.6) is 0 Å². The third kappa shape index (κ3) is 10.3. The number of carbonyl (C=O) groups is 3. The van der Waals surface area contributed by atoms with Crippen molar-refractivity contribution in [3.05, 3.63) is 130 Å². The average Bonchev–Trinajstić information content (AvgIpc) is 3.82. The number of hydrogen-bond donors (Lipinski definition) is 1. The topological polar surface area (TPSA) is 164 Å². The van der Waals surface area contributed by atoms with Crippen molar-refractivity contribution >= 4 is 57.2 Å². The van der Waals surface area contributed by atoms with Gasteiger partial charge in [-0.05, 0) is 42.5 Å². The second kappa shape index (κ2) is 20.0. The Labute approximate surface area is 305 Å². The Hall–Kier alpha value is -6.43. The van der Waals surface area contributed by atoms with Gasteiger partial charge in [0.25, 0.3) is 0 Å². The van der Waals surface area contributed by atoms with E-state index in [-0.39, 0.29) is 34.7 Å². The number of ether oxygens (including phenoxy) is 3. The highest BCUT2D eigenvalue weighted by atomic mass is 35.5. The Bertz CT molecular complexity index is 2280. The normalized spacial score (nSPS) is 10.6. The highest BCUT2D eigenvalue weighted by Crippen LogP contribution is 2.23. The number of rotatable bonds is 6. The number of fused-ring (bicyclic) bond motifs is 2. The number of aromatic nitrogens is 2. The molecule has 0 atom stereocenters. The zero-order chi connectivity index (χ0) is 39.9. The van der Waals surface area contributed by atoms with E-state index in [1.54, 1.807) is 18.2 Å². The molecule has 284 valence electrons. The fraction of sp³-hybridized carbons (Fsp3) is 0.143. The molecule has 0 radical (unpaired) electrons. The Morgan fingerprint density at radius 2 is 1.24 bits per heavy atom. The summed E-state index contributed by atoms with van der Waals surface area (Å²) in [6, 6.07) is 15.7. The van der Waals surface area contributed by atoms with Crippen molar-refractivity contribution in [1.82, 2.24) is 10.3 Å². The lowest BCUT2D eigenvalue weighted by molar-refractivity contribution is -0.139. The molecule has 0 saturated heterocycles. The van der Waals surface area contributed by atoms with E-state index in [0.717, 1.165) is 25.3 Å². The molecule has 54 heavy (non-hydrogen) atoms. The average molecular weight is 782 g/mol. The molecule has 2 heterocycles. The summed E-state index contributed by atoms with van der Waals surface area (Å²) < 4.78 is 100.0. The maximum Gasteiger partial charge on any atom is 0.360 e. The largest absolute Gasteiger partial charge is 0.469 e. The molecule has 12 nitrogen and oxygen atoms in total. The Morgan fingerprint density at radius 1 is 0.704 bits per heavy atom. The number of para-hydroxylation sites is 2. The van der Waals surface area contributed by atoms with Crippen LogP contribution in [-0.4, -0.2) is 60.5 Å². The standard InChI is InChI=1S/C9H7F2NO3.C9H8F2O2.C9H6FNO3.C8H5ClFNO/c1-15-9(13)8(12-14)5-3-2-4-6(10)7(5)11;1-13-8(12)5-6-3-2-4-7(10)9(6)11;1-13-9(12)7-5-3-2-4-6(10)8(5)14-11-7;9-4-7-5-2-1-3-6(10)8(5)12-11-7/h2-4,14H,1H3;2-4H,5H2,1H3;2-4H,1H3;1-3H,4H2/b12-8+;;;. The molecule has 6 aromatic rings. The second-order valence-electron chi connectivity index (χ2n) is 10.0. The van der Waals surface area contributed by atoms with E-state index in [1.165, 1.54) is 50.6 Å². The quantitative estimate of drug-likeness (QED) is 0.0340. The van der Waals surface area contributed by atoms with Crippen LogP contribution in [0.4, 0.5) is 26.3 Å². The predicted octanol–water partition coefficient (Wildman–Crippen LogP) is 7.46. The van der Waals surface area contributed by atoms with E-state index in [1.807, 2.05) is 0 Å². The third-order valence-corrected chi connectivity index (χ3v) is 7.01. The summed E-state index contributed by atoms with van der Waals surface area (Å²) in [5.41, 5.74) is -0.431. The number of halogens is 7. The highest BCUT2D eigenvalue weighted by Gasteiger charge is 2.21. The number of alkyl halides is 1. The molecule has 0 aliphatic rings. The smallest absolute Gasteiger partial charge is 0.360 e. The molecule has 0 bridgehead atoms. The van der Waals surface area contributed by atoms with Gasteiger partial charge in [0, 0.05) is 16.5 Å². The molecule has 0 aliphatic carbocycles. The van der Waals surface area contributed by atoms with Crippen LogP contribution in [0.3, 0.4) is 0 Å². The van der Waals surface area contributed by atoms with E-state index < -0.39 is 64.1 Å². The number of methoxy groups -OCH3 is 3. The first-order valence-electron chi connectivity index (χ1n) is 14.8. The Balaban J connectivity index is 0.000000194. The predicted molar refractivity (Wildman–Crippen MR) is 178 cm³/mol. The van der Waals surface area contributed by atoms with Crippen LogP contribution in [0, 0.1) is 34.9 Å². The number of carbonyl (C=O) groups excluding carboxylic acids is 3. The molecule has 0 amide bonds. The van der Waals surface area contributed by atoms with Crippen molar-refractivity contribution in [2.24, 2.45) is 5.16 Å². The van der Waals surface area contributed by atoms with Crippen molar-refractivity contribution in [3.63, 3.8) is 0 Å². The molecule has 0 saturated carbocycles. The van der Waals surface area contributed by atoms with Crippen LogP contribution in [-0.2, 0) is 36.1 Å². The van der Waals surface area contributed by atoms with Gasteiger partial charge in [-0.25, -0.2) is 35.9 Å².